The molecule has 1 amide bonds. The molecule has 34 heavy (non-hydrogen) atoms. The predicted octanol–water partition coefficient (Wildman–Crippen LogP) is 5.67. The lowest BCUT2D eigenvalue weighted by Gasteiger charge is -2.20. The fourth-order valence-corrected chi connectivity index (χ4v) is 5.83. The lowest BCUT2D eigenvalue weighted by molar-refractivity contribution is -0.118. The maximum absolute atomic E-state index is 14.2. The summed E-state index contributed by atoms with van der Waals surface area (Å²) in [5.41, 5.74) is 1.78. The third kappa shape index (κ3) is 5.48. The molecule has 1 aromatic heterocycles. The van der Waals surface area contributed by atoms with Gasteiger partial charge >= 0.3 is 0 Å². The second kappa shape index (κ2) is 9.99. The second-order valence-electron chi connectivity index (χ2n) is 7.93. The molecule has 0 radical (unpaired) electrons. The van der Waals surface area contributed by atoms with E-state index in [4.69, 9.17) is 0 Å². The molecule has 4 aromatic rings. The number of thiazole rings is 1. The Morgan fingerprint density at radius 1 is 1.03 bits per heavy atom. The Morgan fingerprint density at radius 2 is 1.74 bits per heavy atom. The van der Waals surface area contributed by atoms with Crippen LogP contribution in [0.2, 0.25) is 0 Å². The summed E-state index contributed by atoms with van der Waals surface area (Å²) < 4.78 is 53.4. The SMILES string of the molecule is Cc1ccc(S(=O)(=O)CCCC(=O)N(Cc2ccccc2)c2nc3c(F)cc(F)cc3s2)cc1. The molecule has 176 valence electrons. The van der Waals surface area contributed by atoms with Gasteiger partial charge in [0, 0.05) is 12.5 Å². The Bertz CT molecular complexity index is 1420. The molecule has 4 rings (SSSR count). The number of aryl methyl sites for hydroxylation is 1. The minimum atomic E-state index is -3.53. The number of benzene rings is 3. The summed E-state index contributed by atoms with van der Waals surface area (Å²) in [6.45, 7) is 2.05. The van der Waals surface area contributed by atoms with Gasteiger partial charge in [-0.1, -0.05) is 59.4 Å². The summed E-state index contributed by atoms with van der Waals surface area (Å²) >= 11 is 1.01. The first-order valence-corrected chi connectivity index (χ1v) is 13.1. The largest absolute Gasteiger partial charge is 0.284 e. The number of carbonyl (C=O) groups is 1. The van der Waals surface area contributed by atoms with Crippen LogP contribution < -0.4 is 4.90 Å². The molecule has 0 saturated carbocycles. The minimum Gasteiger partial charge on any atom is -0.284 e. The minimum absolute atomic E-state index is 0.00536. The zero-order chi connectivity index (χ0) is 24.3. The Hall–Kier alpha value is -3.17. The molecule has 0 saturated heterocycles. The molecular formula is C25H22F2N2O3S2. The Kier molecular flexibility index (Phi) is 7.04. The van der Waals surface area contributed by atoms with Crippen molar-refractivity contribution in [1.29, 1.82) is 0 Å². The van der Waals surface area contributed by atoms with E-state index in [1.165, 1.54) is 11.0 Å². The molecule has 5 nitrogen and oxygen atoms in total. The van der Waals surface area contributed by atoms with Gasteiger partial charge in [-0.3, -0.25) is 9.69 Å². The molecule has 0 N–H and O–H groups in total. The fraction of sp³-hybridized carbons (Fsp3) is 0.200. The number of rotatable bonds is 8. The molecule has 0 fully saturated rings. The summed E-state index contributed by atoms with van der Waals surface area (Å²) in [5, 5.41) is 0.231. The topological polar surface area (TPSA) is 67.3 Å². The molecule has 9 heteroatoms. The smallest absolute Gasteiger partial charge is 0.229 e. The van der Waals surface area contributed by atoms with Crippen LogP contribution in [-0.4, -0.2) is 25.1 Å². The van der Waals surface area contributed by atoms with Crippen LogP contribution in [0.5, 0.6) is 0 Å². The maximum atomic E-state index is 14.2. The third-order valence-corrected chi connectivity index (χ3v) is 8.14. The molecule has 0 aliphatic heterocycles. The summed E-state index contributed by atoms with van der Waals surface area (Å²) in [6.07, 6.45) is 0.0823. The molecule has 0 aliphatic rings. The Labute approximate surface area is 200 Å². The first kappa shape index (κ1) is 24.0. The molecule has 0 atom stereocenters. The normalized spacial score (nSPS) is 11.6. The van der Waals surface area contributed by atoms with Crippen LogP contribution in [0.1, 0.15) is 24.0 Å². The number of fused-ring (bicyclic) bond motifs is 1. The molecule has 0 aliphatic carbocycles. The fourth-order valence-electron chi connectivity index (χ4n) is 3.50. The van der Waals surface area contributed by atoms with Crippen LogP contribution in [0.15, 0.2) is 71.6 Å². The van der Waals surface area contributed by atoms with Crippen LogP contribution in [0.4, 0.5) is 13.9 Å². The molecule has 1 heterocycles. The van der Waals surface area contributed by atoms with E-state index in [9.17, 15) is 22.0 Å². The van der Waals surface area contributed by atoms with Crippen LogP contribution in [0, 0.1) is 18.6 Å². The van der Waals surface area contributed by atoms with Gasteiger partial charge < -0.3 is 0 Å². The highest BCUT2D eigenvalue weighted by Crippen LogP contribution is 2.32. The number of hydrogen-bond acceptors (Lipinski definition) is 5. The first-order valence-electron chi connectivity index (χ1n) is 10.6. The molecule has 3 aromatic carbocycles. The van der Waals surface area contributed by atoms with Crippen molar-refractivity contribution in [3.05, 3.63) is 89.5 Å². The second-order valence-corrected chi connectivity index (χ2v) is 11.1. The number of carbonyl (C=O) groups excluding carboxylic acids is 1. The van der Waals surface area contributed by atoms with Crippen LogP contribution in [0.3, 0.4) is 0 Å². The number of sulfone groups is 1. The van der Waals surface area contributed by atoms with Gasteiger partial charge in [0.15, 0.2) is 20.8 Å². The van der Waals surface area contributed by atoms with E-state index in [2.05, 4.69) is 4.98 Å². The number of nitrogens with zero attached hydrogens (tertiary/aromatic N) is 2. The quantitative estimate of drug-likeness (QED) is 0.313. The number of amides is 1. The van der Waals surface area contributed by atoms with Gasteiger partial charge in [-0.05, 0) is 37.1 Å². The van der Waals surface area contributed by atoms with Crippen LogP contribution in [-0.2, 0) is 21.2 Å². The van der Waals surface area contributed by atoms with Gasteiger partial charge in [0.25, 0.3) is 0 Å². The van der Waals surface area contributed by atoms with Crippen molar-refractivity contribution in [2.45, 2.75) is 31.2 Å². The van der Waals surface area contributed by atoms with E-state index in [1.807, 2.05) is 37.3 Å². The van der Waals surface area contributed by atoms with Crippen molar-refractivity contribution < 1.29 is 22.0 Å². The zero-order valence-electron chi connectivity index (χ0n) is 18.4. The highest BCUT2D eigenvalue weighted by Gasteiger charge is 2.23. The van der Waals surface area contributed by atoms with Crippen LogP contribution >= 0.6 is 11.3 Å². The standard InChI is InChI=1S/C25H22F2N2O3S2/c1-17-9-11-20(12-10-17)34(31,32)13-5-8-23(30)29(16-18-6-3-2-4-7-18)25-28-24-21(27)14-19(26)15-22(24)33-25/h2-4,6-7,9-12,14-15H,5,8,13,16H2,1H3. The number of anilines is 1. The summed E-state index contributed by atoms with van der Waals surface area (Å²) in [5.74, 6) is -2.04. The van der Waals surface area contributed by atoms with Gasteiger partial charge in [-0.15, -0.1) is 0 Å². The van der Waals surface area contributed by atoms with E-state index in [0.29, 0.717) is 4.70 Å². The zero-order valence-corrected chi connectivity index (χ0v) is 20.0. The first-order chi connectivity index (χ1) is 16.2. The van der Waals surface area contributed by atoms with E-state index in [1.54, 1.807) is 24.3 Å². The molecular weight excluding hydrogens is 478 g/mol. The monoisotopic (exact) mass is 500 g/mol. The van der Waals surface area contributed by atoms with Crippen molar-refractivity contribution in [3.63, 3.8) is 0 Å². The summed E-state index contributed by atoms with van der Waals surface area (Å²) in [7, 11) is -3.53. The predicted molar refractivity (Wildman–Crippen MR) is 130 cm³/mol. The van der Waals surface area contributed by atoms with Crippen LogP contribution in [0.25, 0.3) is 10.2 Å². The van der Waals surface area contributed by atoms with E-state index >= 15 is 0 Å². The molecule has 0 unspecified atom stereocenters. The van der Waals surface area contributed by atoms with E-state index in [0.717, 1.165) is 28.5 Å². The Balaban J connectivity index is 1.55. The van der Waals surface area contributed by atoms with Gasteiger partial charge in [0.05, 0.1) is 21.9 Å². The molecule has 0 bridgehead atoms. The van der Waals surface area contributed by atoms with Gasteiger partial charge in [-0.2, -0.15) is 0 Å². The van der Waals surface area contributed by atoms with E-state index in [-0.39, 0.29) is 46.6 Å². The maximum Gasteiger partial charge on any atom is 0.229 e. The van der Waals surface area contributed by atoms with Crippen molar-refractivity contribution in [1.82, 2.24) is 4.98 Å². The number of aromatic nitrogens is 1. The van der Waals surface area contributed by atoms with Gasteiger partial charge in [0.2, 0.25) is 5.91 Å². The number of hydrogen-bond donors (Lipinski definition) is 0. The lowest BCUT2D eigenvalue weighted by atomic mass is 10.2. The lowest BCUT2D eigenvalue weighted by Crippen LogP contribution is -2.30. The van der Waals surface area contributed by atoms with Gasteiger partial charge in [-0.25, -0.2) is 22.2 Å². The van der Waals surface area contributed by atoms with Crippen molar-refractivity contribution >= 4 is 42.4 Å². The van der Waals surface area contributed by atoms with Gasteiger partial charge in [0.1, 0.15) is 11.3 Å². The number of halogens is 2. The highest BCUT2D eigenvalue weighted by atomic mass is 32.2. The molecule has 0 spiro atoms. The Morgan fingerprint density at radius 3 is 2.44 bits per heavy atom. The third-order valence-electron chi connectivity index (χ3n) is 5.30. The highest BCUT2D eigenvalue weighted by molar-refractivity contribution is 7.91. The summed E-state index contributed by atoms with van der Waals surface area (Å²) in [4.78, 5) is 19.0. The van der Waals surface area contributed by atoms with Crippen molar-refractivity contribution in [2.75, 3.05) is 10.7 Å². The van der Waals surface area contributed by atoms with Crippen molar-refractivity contribution in [2.24, 2.45) is 0 Å². The average Bonchev–Trinajstić information content (AvgIpc) is 3.22. The average molecular weight is 501 g/mol. The van der Waals surface area contributed by atoms with E-state index < -0.39 is 21.5 Å². The van der Waals surface area contributed by atoms with Crippen molar-refractivity contribution in [3.8, 4) is 0 Å². The summed E-state index contributed by atoms with van der Waals surface area (Å²) in [6, 6.07) is 17.7.